The van der Waals surface area contributed by atoms with Crippen LogP contribution in [0.15, 0.2) is 77.7 Å². The van der Waals surface area contributed by atoms with Crippen molar-refractivity contribution in [1.82, 2.24) is 0 Å². The lowest BCUT2D eigenvalue weighted by molar-refractivity contribution is 0.478. The highest BCUT2D eigenvalue weighted by Gasteiger charge is 2.14. The zero-order valence-electron chi connectivity index (χ0n) is 11.8. The number of hydrogen-bond acceptors (Lipinski definition) is 2. The second kappa shape index (κ2) is 5.98. The molecular weight excluding hydrogens is 300 g/mol. The van der Waals surface area contributed by atoms with Gasteiger partial charge in [-0.1, -0.05) is 68.1 Å². The molecule has 0 spiro atoms. The molecule has 0 saturated heterocycles. The average Bonchev–Trinajstić information content (AvgIpc) is 2.56. The highest BCUT2D eigenvalue weighted by atomic mass is 32.1. The minimum Gasteiger partial charge on any atom is -0.507 e. The summed E-state index contributed by atoms with van der Waals surface area (Å²) in [6.07, 6.45) is 0. The van der Waals surface area contributed by atoms with Crippen LogP contribution in [0.5, 0.6) is 5.75 Å². The normalized spacial score (nSPS) is 10.7. The Morgan fingerprint density at radius 1 is 0.609 bits per heavy atom. The van der Waals surface area contributed by atoms with E-state index in [1.807, 2.05) is 42.5 Å². The maximum atomic E-state index is 10.5. The van der Waals surface area contributed by atoms with Crippen molar-refractivity contribution in [2.24, 2.45) is 0 Å². The summed E-state index contributed by atoms with van der Waals surface area (Å²) in [5.41, 5.74) is 1.83. The van der Waals surface area contributed by atoms with Crippen molar-refractivity contribution in [3.05, 3.63) is 72.8 Å². The number of benzene rings is 4. The van der Waals surface area contributed by atoms with Crippen molar-refractivity contribution in [3.8, 4) is 16.9 Å². The molecule has 0 aromatic heterocycles. The van der Waals surface area contributed by atoms with E-state index in [4.69, 9.17) is 0 Å². The Hall–Kier alpha value is -2.45. The minimum absolute atomic E-state index is 0. The van der Waals surface area contributed by atoms with Gasteiger partial charge in [0.15, 0.2) is 0 Å². The predicted octanol–water partition coefficient (Wildman–Crippen LogP) is 6.29. The van der Waals surface area contributed by atoms with Gasteiger partial charge >= 0.3 is 0 Å². The molecule has 0 aliphatic carbocycles. The molecule has 1 N–H and O–H groups in total. The molecule has 0 aliphatic rings. The first kappa shape index (κ1) is 15.4. The fraction of sp³-hybridized carbons (Fsp3) is 0.0476. The van der Waals surface area contributed by atoms with Gasteiger partial charge in [0.05, 0.1) is 0 Å². The third-order valence-corrected chi connectivity index (χ3v) is 4.44. The number of fused-ring (bicyclic) bond motifs is 2. The highest BCUT2D eigenvalue weighted by molar-refractivity contribution is 7.80. The number of thiol groups is 1. The molecule has 0 fully saturated rings. The summed E-state index contributed by atoms with van der Waals surface area (Å²) in [6.45, 7) is 0. The Bertz CT molecular complexity index is 922. The van der Waals surface area contributed by atoms with Crippen molar-refractivity contribution in [1.29, 1.82) is 0 Å². The monoisotopic (exact) mass is 318 g/mol. The quantitative estimate of drug-likeness (QED) is 0.395. The summed E-state index contributed by atoms with van der Waals surface area (Å²) in [6, 6.07) is 24.0. The molecule has 0 saturated carbocycles. The SMILES string of the molecule is C.Oc1ccc2ccccc2c1-c1c(S)ccc2ccccc12. The van der Waals surface area contributed by atoms with Crippen molar-refractivity contribution in [3.63, 3.8) is 0 Å². The van der Waals surface area contributed by atoms with Gasteiger partial charge in [0.25, 0.3) is 0 Å². The first-order valence-electron chi connectivity index (χ1n) is 7.17. The molecule has 0 amide bonds. The second-order valence-electron chi connectivity index (χ2n) is 5.36. The molecule has 0 radical (unpaired) electrons. The van der Waals surface area contributed by atoms with Gasteiger partial charge in [-0.3, -0.25) is 0 Å². The van der Waals surface area contributed by atoms with Crippen LogP contribution in [0.2, 0.25) is 0 Å². The fourth-order valence-corrected chi connectivity index (χ4v) is 3.35. The molecule has 2 heteroatoms. The summed E-state index contributed by atoms with van der Waals surface area (Å²) in [5.74, 6) is 0.283. The Labute approximate surface area is 141 Å². The van der Waals surface area contributed by atoms with E-state index < -0.39 is 0 Å². The Kier molecular flexibility index (Phi) is 4.01. The highest BCUT2D eigenvalue weighted by Crippen LogP contribution is 2.42. The maximum Gasteiger partial charge on any atom is 0.124 e. The summed E-state index contributed by atoms with van der Waals surface area (Å²) >= 11 is 4.65. The standard InChI is InChI=1S/C20H14OS.CH4/c21-17-11-9-13-5-1-3-7-15(13)19(17)20-16-8-4-2-6-14(16)10-12-18(20)22;/h1-12,21-22H;1H4. The third kappa shape index (κ3) is 2.45. The zero-order chi connectivity index (χ0) is 15.1. The van der Waals surface area contributed by atoms with Gasteiger partial charge < -0.3 is 5.11 Å². The Morgan fingerprint density at radius 2 is 1.13 bits per heavy atom. The molecule has 0 unspecified atom stereocenters. The zero-order valence-corrected chi connectivity index (χ0v) is 12.7. The van der Waals surface area contributed by atoms with E-state index in [9.17, 15) is 5.11 Å². The molecule has 1 nitrogen and oxygen atoms in total. The van der Waals surface area contributed by atoms with Crippen LogP contribution in [0.25, 0.3) is 32.7 Å². The molecule has 4 aromatic carbocycles. The van der Waals surface area contributed by atoms with Crippen LogP contribution in [0, 0.1) is 0 Å². The van der Waals surface area contributed by atoms with Crippen LogP contribution in [-0.4, -0.2) is 5.11 Å². The molecule has 23 heavy (non-hydrogen) atoms. The summed E-state index contributed by atoms with van der Waals surface area (Å²) < 4.78 is 0. The van der Waals surface area contributed by atoms with Crippen molar-refractivity contribution >= 4 is 34.2 Å². The molecule has 0 atom stereocenters. The lowest BCUT2D eigenvalue weighted by atomic mass is 9.93. The van der Waals surface area contributed by atoms with Crippen molar-refractivity contribution in [2.45, 2.75) is 12.3 Å². The minimum atomic E-state index is 0. The van der Waals surface area contributed by atoms with Gasteiger partial charge in [0.2, 0.25) is 0 Å². The van der Waals surface area contributed by atoms with Crippen LogP contribution in [0.3, 0.4) is 0 Å². The topological polar surface area (TPSA) is 20.2 Å². The van der Waals surface area contributed by atoms with E-state index in [0.29, 0.717) is 0 Å². The van der Waals surface area contributed by atoms with E-state index >= 15 is 0 Å². The Balaban J connectivity index is 0.00000156. The molecular formula is C21H18OS. The van der Waals surface area contributed by atoms with E-state index in [1.54, 1.807) is 6.07 Å². The van der Waals surface area contributed by atoms with Crippen molar-refractivity contribution in [2.75, 3.05) is 0 Å². The third-order valence-electron chi connectivity index (χ3n) is 4.06. The molecule has 0 heterocycles. The van der Waals surface area contributed by atoms with Gasteiger partial charge in [-0.15, -0.1) is 12.6 Å². The number of phenols is 1. The van der Waals surface area contributed by atoms with E-state index in [-0.39, 0.29) is 13.2 Å². The number of rotatable bonds is 1. The maximum absolute atomic E-state index is 10.5. The van der Waals surface area contributed by atoms with Crippen LogP contribution in [-0.2, 0) is 0 Å². The molecule has 114 valence electrons. The van der Waals surface area contributed by atoms with Crippen LogP contribution in [0.4, 0.5) is 0 Å². The number of aromatic hydroxyl groups is 1. The first-order valence-corrected chi connectivity index (χ1v) is 7.62. The van der Waals surface area contributed by atoms with Gasteiger partial charge in [0.1, 0.15) is 5.75 Å². The van der Waals surface area contributed by atoms with E-state index in [1.165, 1.54) is 0 Å². The summed E-state index contributed by atoms with van der Waals surface area (Å²) in [7, 11) is 0. The lowest BCUT2D eigenvalue weighted by Gasteiger charge is -2.14. The van der Waals surface area contributed by atoms with E-state index in [2.05, 4.69) is 36.9 Å². The average molecular weight is 318 g/mol. The van der Waals surface area contributed by atoms with Crippen LogP contribution >= 0.6 is 12.6 Å². The first-order chi connectivity index (χ1) is 10.8. The second-order valence-corrected chi connectivity index (χ2v) is 5.84. The van der Waals surface area contributed by atoms with Gasteiger partial charge in [-0.05, 0) is 33.7 Å². The van der Waals surface area contributed by atoms with Gasteiger partial charge in [-0.25, -0.2) is 0 Å². The van der Waals surface area contributed by atoms with Gasteiger partial charge in [-0.2, -0.15) is 0 Å². The summed E-state index contributed by atoms with van der Waals surface area (Å²) in [4.78, 5) is 0.866. The number of hydrogen-bond donors (Lipinski definition) is 2. The van der Waals surface area contributed by atoms with Gasteiger partial charge in [0, 0.05) is 16.0 Å². The molecule has 4 aromatic rings. The molecule has 4 rings (SSSR count). The smallest absolute Gasteiger partial charge is 0.124 e. The van der Waals surface area contributed by atoms with E-state index in [0.717, 1.165) is 37.6 Å². The van der Waals surface area contributed by atoms with Crippen LogP contribution in [0.1, 0.15) is 7.43 Å². The fourth-order valence-electron chi connectivity index (χ4n) is 3.05. The predicted molar refractivity (Wildman–Crippen MR) is 103 cm³/mol. The Morgan fingerprint density at radius 3 is 1.78 bits per heavy atom. The summed E-state index contributed by atoms with van der Waals surface area (Å²) in [5, 5.41) is 14.9. The van der Waals surface area contributed by atoms with Crippen LogP contribution < -0.4 is 0 Å². The van der Waals surface area contributed by atoms with Crippen molar-refractivity contribution < 1.29 is 5.11 Å². The molecule has 0 bridgehead atoms. The number of phenolic OH excluding ortho intramolecular Hbond substituents is 1. The lowest BCUT2D eigenvalue weighted by Crippen LogP contribution is -1.87. The molecule has 0 aliphatic heterocycles. The largest absolute Gasteiger partial charge is 0.507 e.